The van der Waals surface area contributed by atoms with Gasteiger partial charge in [-0.1, -0.05) is 12.1 Å². The van der Waals surface area contributed by atoms with Gasteiger partial charge in [0.05, 0.1) is 33.4 Å². The van der Waals surface area contributed by atoms with Crippen molar-refractivity contribution in [2.75, 3.05) is 26.6 Å². The topological polar surface area (TPSA) is 70.4 Å². The Hall–Kier alpha value is -2.49. The Kier molecular flexibility index (Phi) is 5.29. The van der Waals surface area contributed by atoms with E-state index in [2.05, 4.69) is 62.3 Å². The number of nitrogens with one attached hydrogen (secondary N) is 1. The highest BCUT2D eigenvalue weighted by molar-refractivity contribution is 14.1. The minimum atomic E-state index is -0.0576. The number of anilines is 1. The Morgan fingerprint density at radius 1 is 1.00 bits per heavy atom. The van der Waals surface area contributed by atoms with Gasteiger partial charge in [0.25, 0.3) is 0 Å². The number of hydrogen-bond acceptors (Lipinski definition) is 6. The summed E-state index contributed by atoms with van der Waals surface area (Å²) in [5.74, 6) is 2.75. The first-order valence-electron chi connectivity index (χ1n) is 8.86. The van der Waals surface area contributed by atoms with E-state index < -0.39 is 0 Å². The van der Waals surface area contributed by atoms with Crippen molar-refractivity contribution in [1.82, 2.24) is 14.8 Å². The summed E-state index contributed by atoms with van der Waals surface area (Å²) >= 11 is 2.31. The molecule has 2 atom stereocenters. The summed E-state index contributed by atoms with van der Waals surface area (Å²) in [6.07, 6.45) is 2.36. The lowest BCUT2D eigenvalue weighted by atomic mass is 9.92. The molecule has 1 aliphatic heterocycles. The van der Waals surface area contributed by atoms with Crippen LogP contribution in [0.4, 0.5) is 5.95 Å². The van der Waals surface area contributed by atoms with E-state index in [0.717, 1.165) is 23.7 Å². The molecule has 1 aliphatic rings. The molecule has 1 N–H and O–H groups in total. The van der Waals surface area contributed by atoms with Crippen molar-refractivity contribution >= 4 is 28.5 Å². The van der Waals surface area contributed by atoms with Gasteiger partial charge >= 0.3 is 0 Å². The molecule has 28 heavy (non-hydrogen) atoms. The summed E-state index contributed by atoms with van der Waals surface area (Å²) in [6.45, 7) is 0. The average molecular weight is 492 g/mol. The van der Waals surface area contributed by atoms with Gasteiger partial charge < -0.3 is 19.5 Å². The Labute approximate surface area is 177 Å². The van der Waals surface area contributed by atoms with E-state index in [1.807, 2.05) is 16.8 Å². The summed E-state index contributed by atoms with van der Waals surface area (Å²) in [4.78, 5) is 4.40. The first-order chi connectivity index (χ1) is 13.6. The first kappa shape index (κ1) is 18.9. The maximum atomic E-state index is 5.67. The van der Waals surface area contributed by atoms with Crippen LogP contribution in [0.3, 0.4) is 0 Å². The molecule has 2 heterocycles. The van der Waals surface area contributed by atoms with Crippen LogP contribution in [0.5, 0.6) is 17.2 Å². The van der Waals surface area contributed by atoms with Crippen molar-refractivity contribution in [2.45, 2.75) is 18.5 Å². The maximum absolute atomic E-state index is 5.67. The molecule has 1 aromatic heterocycles. The molecule has 0 aliphatic carbocycles. The van der Waals surface area contributed by atoms with Crippen LogP contribution in [0.15, 0.2) is 42.7 Å². The van der Waals surface area contributed by atoms with E-state index in [1.165, 1.54) is 9.13 Å². The Bertz CT molecular complexity index is 974. The second-order valence-electron chi connectivity index (χ2n) is 6.48. The van der Waals surface area contributed by atoms with E-state index in [0.29, 0.717) is 11.5 Å². The zero-order chi connectivity index (χ0) is 19.7. The van der Waals surface area contributed by atoms with Crippen LogP contribution < -0.4 is 19.5 Å². The second kappa shape index (κ2) is 7.86. The number of nitrogens with zero attached hydrogens (tertiary/aromatic N) is 3. The third-order valence-corrected chi connectivity index (χ3v) is 5.72. The van der Waals surface area contributed by atoms with Gasteiger partial charge in [0.1, 0.15) is 12.1 Å². The minimum Gasteiger partial charge on any atom is -0.496 e. The Balaban J connectivity index is 1.79. The molecule has 0 bridgehead atoms. The SMILES string of the molecule is COc1cc(OC)c([C@H]2C[C@@H](c3ccc(I)cc3)Nc3ncnn32)cc1OC. The molecule has 8 heteroatoms. The lowest BCUT2D eigenvalue weighted by Gasteiger charge is -2.32. The number of benzene rings is 2. The van der Waals surface area contributed by atoms with E-state index in [-0.39, 0.29) is 12.1 Å². The van der Waals surface area contributed by atoms with Crippen molar-refractivity contribution in [3.05, 3.63) is 57.4 Å². The van der Waals surface area contributed by atoms with E-state index in [4.69, 9.17) is 14.2 Å². The molecule has 0 saturated carbocycles. The highest BCUT2D eigenvalue weighted by Gasteiger charge is 2.32. The summed E-state index contributed by atoms with van der Waals surface area (Å²) in [5.41, 5.74) is 2.18. The standard InChI is InChI=1S/C20H21IN4O3/c1-26-17-10-19(28-3)18(27-2)8-14(17)16-9-15(12-4-6-13(21)7-5-12)24-20-22-11-23-25(16)20/h4-8,10-11,15-16H,9H2,1-3H3,(H,22,23,24)/t15-,16+/m0/s1. The lowest BCUT2D eigenvalue weighted by molar-refractivity contribution is 0.341. The monoisotopic (exact) mass is 492 g/mol. The molecule has 2 aromatic carbocycles. The number of aromatic nitrogens is 3. The average Bonchev–Trinajstić information content (AvgIpc) is 3.21. The third kappa shape index (κ3) is 3.36. The first-order valence-corrected chi connectivity index (χ1v) is 9.94. The highest BCUT2D eigenvalue weighted by atomic mass is 127. The van der Waals surface area contributed by atoms with Gasteiger partial charge in [-0.3, -0.25) is 0 Å². The van der Waals surface area contributed by atoms with Gasteiger partial charge in [-0.25, -0.2) is 4.68 Å². The van der Waals surface area contributed by atoms with Gasteiger partial charge in [-0.05, 0) is 52.8 Å². The van der Waals surface area contributed by atoms with Gasteiger partial charge in [0.2, 0.25) is 5.95 Å². The van der Waals surface area contributed by atoms with Crippen molar-refractivity contribution < 1.29 is 14.2 Å². The summed E-state index contributed by atoms with van der Waals surface area (Å²) in [5, 5.41) is 7.94. The Morgan fingerprint density at radius 2 is 1.68 bits per heavy atom. The molecule has 7 nitrogen and oxygen atoms in total. The molecule has 0 spiro atoms. The highest BCUT2D eigenvalue weighted by Crippen LogP contribution is 2.44. The summed E-state index contributed by atoms with van der Waals surface area (Å²) in [7, 11) is 4.90. The minimum absolute atomic E-state index is 0.0576. The van der Waals surface area contributed by atoms with Gasteiger partial charge in [0.15, 0.2) is 11.5 Å². The zero-order valence-corrected chi connectivity index (χ0v) is 18.0. The van der Waals surface area contributed by atoms with Crippen molar-refractivity contribution in [2.24, 2.45) is 0 Å². The molecule has 0 radical (unpaired) electrons. The van der Waals surface area contributed by atoms with Crippen molar-refractivity contribution in [3.8, 4) is 17.2 Å². The molecular formula is C20H21IN4O3. The third-order valence-electron chi connectivity index (χ3n) is 5.00. The van der Waals surface area contributed by atoms with E-state index in [9.17, 15) is 0 Å². The molecule has 4 rings (SSSR count). The molecule has 0 amide bonds. The van der Waals surface area contributed by atoms with E-state index in [1.54, 1.807) is 27.7 Å². The number of hydrogen-bond donors (Lipinski definition) is 1. The fourth-order valence-electron chi connectivity index (χ4n) is 3.61. The largest absolute Gasteiger partial charge is 0.496 e. The van der Waals surface area contributed by atoms with Gasteiger partial charge in [-0.15, -0.1) is 0 Å². The normalized spacial score (nSPS) is 18.1. The molecule has 0 unspecified atom stereocenters. The molecule has 0 fully saturated rings. The molecule has 146 valence electrons. The smallest absolute Gasteiger partial charge is 0.222 e. The molecule has 3 aromatic rings. The number of methoxy groups -OCH3 is 3. The maximum Gasteiger partial charge on any atom is 0.222 e. The fourth-order valence-corrected chi connectivity index (χ4v) is 3.97. The van der Waals surface area contributed by atoms with Crippen LogP contribution in [0.1, 0.15) is 29.6 Å². The molecular weight excluding hydrogens is 471 g/mol. The predicted octanol–water partition coefficient (Wildman–Crippen LogP) is 4.05. The van der Waals surface area contributed by atoms with Crippen molar-refractivity contribution in [3.63, 3.8) is 0 Å². The zero-order valence-electron chi connectivity index (χ0n) is 15.8. The van der Waals surface area contributed by atoms with Crippen LogP contribution in [-0.4, -0.2) is 36.1 Å². The van der Waals surface area contributed by atoms with Crippen LogP contribution in [0.2, 0.25) is 0 Å². The van der Waals surface area contributed by atoms with Crippen molar-refractivity contribution in [1.29, 1.82) is 0 Å². The van der Waals surface area contributed by atoms with Crippen LogP contribution in [0, 0.1) is 3.57 Å². The summed E-state index contributed by atoms with van der Waals surface area (Å²) < 4.78 is 19.7. The molecule has 0 saturated heterocycles. The second-order valence-corrected chi connectivity index (χ2v) is 7.72. The fraction of sp³-hybridized carbons (Fsp3) is 0.300. The quantitative estimate of drug-likeness (QED) is 0.542. The van der Waals surface area contributed by atoms with Crippen LogP contribution >= 0.6 is 22.6 Å². The Morgan fingerprint density at radius 3 is 2.36 bits per heavy atom. The number of fused-ring (bicyclic) bond motifs is 1. The lowest BCUT2D eigenvalue weighted by Crippen LogP contribution is -2.28. The van der Waals surface area contributed by atoms with Crippen LogP contribution in [0.25, 0.3) is 0 Å². The summed E-state index contributed by atoms with van der Waals surface area (Å²) in [6, 6.07) is 12.4. The number of ether oxygens (including phenoxy) is 3. The predicted molar refractivity (Wildman–Crippen MR) is 114 cm³/mol. The number of halogens is 1. The van der Waals surface area contributed by atoms with Gasteiger partial charge in [0, 0.05) is 15.2 Å². The van der Waals surface area contributed by atoms with E-state index >= 15 is 0 Å². The van der Waals surface area contributed by atoms with Crippen LogP contribution in [-0.2, 0) is 0 Å². The number of rotatable bonds is 5. The van der Waals surface area contributed by atoms with Gasteiger partial charge in [-0.2, -0.15) is 10.1 Å².